The molecule has 6 heteroatoms. The normalized spacial score (nSPS) is 21.0. The summed E-state index contributed by atoms with van der Waals surface area (Å²) in [5.41, 5.74) is 10.4. The summed E-state index contributed by atoms with van der Waals surface area (Å²) in [4.78, 5) is 4.71. The number of anilines is 1. The van der Waals surface area contributed by atoms with E-state index in [2.05, 4.69) is 55.7 Å². The lowest BCUT2D eigenvalue weighted by atomic mass is 9.57. The minimum absolute atomic E-state index is 0.0178. The quantitative estimate of drug-likeness (QED) is 0.361. The highest BCUT2D eigenvalue weighted by molar-refractivity contribution is 7.13. The number of aromatic hydroxyl groups is 2. The zero-order valence-corrected chi connectivity index (χ0v) is 18.5. The standard InChI is InChI=1S/C24H27N3O2S/c1-14-7-15(2)22(16(3)8-14)24(4)10-18(11-24)20-13-30-23(26-20)27-25-12-17-5-6-19(28)9-21(17)29/h5-9,12-13,18,28-29H,10-11H2,1-4H3,(H,26,27). The number of nitrogens with zero attached hydrogens (tertiary/aromatic N) is 2. The summed E-state index contributed by atoms with van der Waals surface area (Å²) in [5, 5.41) is 26.2. The van der Waals surface area contributed by atoms with Gasteiger partial charge in [0.1, 0.15) is 11.5 Å². The Morgan fingerprint density at radius 3 is 2.50 bits per heavy atom. The zero-order chi connectivity index (χ0) is 21.5. The molecular formula is C24H27N3O2S. The van der Waals surface area contributed by atoms with Gasteiger partial charge in [0.15, 0.2) is 0 Å². The lowest BCUT2D eigenvalue weighted by molar-refractivity contribution is 0.220. The molecule has 5 nitrogen and oxygen atoms in total. The van der Waals surface area contributed by atoms with Crippen molar-refractivity contribution in [3.63, 3.8) is 0 Å². The molecule has 1 saturated carbocycles. The van der Waals surface area contributed by atoms with Crippen LogP contribution in [0.4, 0.5) is 5.13 Å². The topological polar surface area (TPSA) is 77.7 Å². The first-order valence-electron chi connectivity index (χ1n) is 10.1. The molecule has 0 unspecified atom stereocenters. The largest absolute Gasteiger partial charge is 0.508 e. The highest BCUT2D eigenvalue weighted by Gasteiger charge is 2.44. The molecule has 1 aliphatic rings. The molecule has 0 amide bonds. The first kappa shape index (κ1) is 20.4. The van der Waals surface area contributed by atoms with E-state index >= 15 is 0 Å². The number of thiazole rings is 1. The van der Waals surface area contributed by atoms with E-state index in [-0.39, 0.29) is 16.9 Å². The molecule has 1 aliphatic carbocycles. The summed E-state index contributed by atoms with van der Waals surface area (Å²) in [7, 11) is 0. The lowest BCUT2D eigenvalue weighted by Crippen LogP contribution is -2.38. The van der Waals surface area contributed by atoms with Gasteiger partial charge in [0.25, 0.3) is 0 Å². The predicted molar refractivity (Wildman–Crippen MR) is 123 cm³/mol. The Balaban J connectivity index is 1.40. The van der Waals surface area contributed by atoms with Gasteiger partial charge in [-0.25, -0.2) is 4.98 Å². The second-order valence-corrected chi connectivity index (χ2v) is 9.49. The number of hydrazone groups is 1. The van der Waals surface area contributed by atoms with E-state index in [0.29, 0.717) is 11.5 Å². The van der Waals surface area contributed by atoms with Gasteiger partial charge in [-0.15, -0.1) is 11.3 Å². The van der Waals surface area contributed by atoms with Gasteiger partial charge in [0.05, 0.1) is 11.9 Å². The fourth-order valence-electron chi connectivity index (χ4n) is 4.90. The van der Waals surface area contributed by atoms with Crippen molar-refractivity contribution in [1.82, 2.24) is 4.98 Å². The van der Waals surface area contributed by atoms with E-state index in [1.165, 1.54) is 51.9 Å². The molecule has 0 atom stereocenters. The van der Waals surface area contributed by atoms with Crippen LogP contribution in [0.15, 0.2) is 40.8 Å². The second-order valence-electron chi connectivity index (χ2n) is 8.63. The molecule has 0 saturated heterocycles. The maximum absolute atomic E-state index is 9.81. The molecule has 1 aromatic heterocycles. The third-order valence-electron chi connectivity index (χ3n) is 5.99. The fraction of sp³-hybridized carbons (Fsp3) is 0.333. The first-order chi connectivity index (χ1) is 14.2. The number of aromatic nitrogens is 1. The average Bonchev–Trinajstić information content (AvgIpc) is 3.09. The number of nitrogens with one attached hydrogen (secondary N) is 1. The Morgan fingerprint density at radius 2 is 1.83 bits per heavy atom. The second kappa shape index (κ2) is 7.76. The Morgan fingerprint density at radius 1 is 1.13 bits per heavy atom. The molecule has 0 radical (unpaired) electrons. The van der Waals surface area contributed by atoms with Gasteiger partial charge in [-0.2, -0.15) is 5.10 Å². The molecular weight excluding hydrogens is 394 g/mol. The number of phenols is 2. The highest BCUT2D eigenvalue weighted by Crippen LogP contribution is 2.54. The van der Waals surface area contributed by atoms with Gasteiger partial charge in [-0.3, -0.25) is 5.43 Å². The van der Waals surface area contributed by atoms with Crippen molar-refractivity contribution in [3.8, 4) is 11.5 Å². The summed E-state index contributed by atoms with van der Waals surface area (Å²) in [6, 6.07) is 8.97. The molecule has 0 spiro atoms. The van der Waals surface area contributed by atoms with Crippen molar-refractivity contribution >= 4 is 22.7 Å². The van der Waals surface area contributed by atoms with Gasteiger partial charge >= 0.3 is 0 Å². The van der Waals surface area contributed by atoms with Gasteiger partial charge in [0.2, 0.25) is 5.13 Å². The Labute approximate surface area is 181 Å². The van der Waals surface area contributed by atoms with Crippen molar-refractivity contribution < 1.29 is 10.2 Å². The van der Waals surface area contributed by atoms with Crippen LogP contribution in [0.3, 0.4) is 0 Å². The summed E-state index contributed by atoms with van der Waals surface area (Å²) in [6.45, 7) is 8.98. The minimum Gasteiger partial charge on any atom is -0.508 e. The lowest BCUT2D eigenvalue weighted by Gasteiger charge is -2.47. The van der Waals surface area contributed by atoms with E-state index in [4.69, 9.17) is 4.98 Å². The maximum atomic E-state index is 9.81. The van der Waals surface area contributed by atoms with E-state index < -0.39 is 0 Å². The van der Waals surface area contributed by atoms with E-state index in [9.17, 15) is 10.2 Å². The monoisotopic (exact) mass is 421 g/mol. The number of hydrogen-bond donors (Lipinski definition) is 3. The maximum Gasteiger partial charge on any atom is 0.203 e. The molecule has 3 aromatic rings. The molecule has 4 rings (SSSR count). The smallest absolute Gasteiger partial charge is 0.203 e. The predicted octanol–water partition coefficient (Wildman–Crippen LogP) is 5.76. The number of aryl methyl sites for hydroxylation is 3. The van der Waals surface area contributed by atoms with E-state index in [0.717, 1.165) is 23.7 Å². The molecule has 2 aromatic carbocycles. The van der Waals surface area contributed by atoms with Crippen LogP contribution in [0.5, 0.6) is 11.5 Å². The number of rotatable bonds is 5. The number of hydrogen-bond acceptors (Lipinski definition) is 6. The Bertz CT molecular complexity index is 1090. The molecule has 0 bridgehead atoms. The Kier molecular flexibility index (Phi) is 5.28. The van der Waals surface area contributed by atoms with Crippen LogP contribution in [0.25, 0.3) is 0 Å². The molecule has 30 heavy (non-hydrogen) atoms. The van der Waals surface area contributed by atoms with Crippen molar-refractivity contribution in [1.29, 1.82) is 0 Å². The summed E-state index contributed by atoms with van der Waals surface area (Å²) < 4.78 is 0. The van der Waals surface area contributed by atoms with E-state index in [1.54, 1.807) is 6.07 Å². The van der Waals surface area contributed by atoms with Crippen LogP contribution in [0.2, 0.25) is 0 Å². The van der Waals surface area contributed by atoms with Crippen LogP contribution in [0, 0.1) is 20.8 Å². The van der Waals surface area contributed by atoms with Gasteiger partial charge in [-0.1, -0.05) is 24.6 Å². The van der Waals surface area contributed by atoms with Crippen LogP contribution in [-0.2, 0) is 5.41 Å². The van der Waals surface area contributed by atoms with Crippen molar-refractivity contribution in [3.05, 3.63) is 69.2 Å². The molecule has 1 fully saturated rings. The van der Waals surface area contributed by atoms with Gasteiger partial charge in [0, 0.05) is 22.9 Å². The van der Waals surface area contributed by atoms with E-state index in [1.807, 2.05) is 0 Å². The third kappa shape index (κ3) is 3.92. The number of benzene rings is 2. The van der Waals surface area contributed by atoms with Gasteiger partial charge < -0.3 is 10.2 Å². The first-order valence-corrected chi connectivity index (χ1v) is 11.0. The minimum atomic E-state index is -0.0178. The summed E-state index contributed by atoms with van der Waals surface area (Å²) >= 11 is 1.53. The zero-order valence-electron chi connectivity index (χ0n) is 17.7. The third-order valence-corrected chi connectivity index (χ3v) is 6.76. The van der Waals surface area contributed by atoms with Crippen LogP contribution < -0.4 is 5.43 Å². The fourth-order valence-corrected chi connectivity index (χ4v) is 5.64. The highest BCUT2D eigenvalue weighted by atomic mass is 32.1. The van der Waals surface area contributed by atoms with Crippen LogP contribution >= 0.6 is 11.3 Å². The SMILES string of the molecule is Cc1cc(C)c(C2(C)CC(c3csc(NN=Cc4ccc(O)cc4O)n3)C2)c(C)c1. The van der Waals surface area contributed by atoms with Crippen LogP contribution in [0.1, 0.15) is 59.2 Å². The van der Waals surface area contributed by atoms with Crippen molar-refractivity contribution in [2.24, 2.45) is 5.10 Å². The van der Waals surface area contributed by atoms with Crippen LogP contribution in [-0.4, -0.2) is 21.4 Å². The average molecular weight is 422 g/mol. The Hall–Kier alpha value is -2.86. The summed E-state index contributed by atoms with van der Waals surface area (Å²) in [6.07, 6.45) is 3.72. The van der Waals surface area contributed by atoms with Crippen molar-refractivity contribution in [2.75, 3.05) is 5.43 Å². The summed E-state index contributed by atoms with van der Waals surface area (Å²) in [5.74, 6) is 0.466. The number of phenolic OH excluding ortho intramolecular Hbond substituents is 2. The molecule has 156 valence electrons. The molecule has 1 heterocycles. The molecule has 3 N–H and O–H groups in total. The molecule has 0 aliphatic heterocycles. The van der Waals surface area contributed by atoms with Gasteiger partial charge in [-0.05, 0) is 67.9 Å². The van der Waals surface area contributed by atoms with Crippen molar-refractivity contribution in [2.45, 2.75) is 51.9 Å².